The molecule has 0 aliphatic heterocycles. The lowest BCUT2D eigenvalue weighted by Crippen LogP contribution is -2.93. The summed E-state index contributed by atoms with van der Waals surface area (Å²) in [6.07, 6.45) is 3.73. The molecule has 0 radical (unpaired) electrons. The van der Waals surface area contributed by atoms with Gasteiger partial charge in [-0.3, -0.25) is 0 Å². The minimum absolute atomic E-state index is 0.345. The van der Waals surface area contributed by atoms with E-state index in [9.17, 15) is 5.11 Å². The highest BCUT2D eigenvalue weighted by molar-refractivity contribution is 5.17. The lowest BCUT2D eigenvalue weighted by molar-refractivity contribution is -0.708. The van der Waals surface area contributed by atoms with Gasteiger partial charge in [-0.15, -0.1) is 0 Å². The molecule has 2 heteroatoms. The number of benzene rings is 1. The molecule has 0 spiro atoms. The molecule has 2 bridgehead atoms. The van der Waals surface area contributed by atoms with Crippen LogP contribution in [0.3, 0.4) is 0 Å². The number of aliphatic hydroxyl groups is 1. The topological polar surface area (TPSA) is 36.8 Å². The van der Waals surface area contributed by atoms with Gasteiger partial charge in [-0.1, -0.05) is 51.1 Å². The molecule has 0 saturated heterocycles. The molecule has 110 valence electrons. The average molecular weight is 274 g/mol. The van der Waals surface area contributed by atoms with Crippen molar-refractivity contribution < 1.29 is 10.4 Å². The maximum atomic E-state index is 10.3. The van der Waals surface area contributed by atoms with Crippen molar-refractivity contribution in [2.75, 3.05) is 6.54 Å². The van der Waals surface area contributed by atoms with Crippen molar-refractivity contribution >= 4 is 0 Å². The predicted molar refractivity (Wildman–Crippen MR) is 81.2 cm³/mol. The second kappa shape index (κ2) is 4.85. The largest absolute Gasteiger partial charge is 0.382 e. The molecule has 0 heterocycles. The summed E-state index contributed by atoms with van der Waals surface area (Å²) < 4.78 is 0. The number of quaternary nitrogens is 1. The maximum absolute atomic E-state index is 10.3. The summed E-state index contributed by atoms with van der Waals surface area (Å²) in [6.45, 7) is 8.15. The van der Waals surface area contributed by atoms with Crippen LogP contribution in [0, 0.1) is 16.7 Å². The molecular formula is C18H28NO+. The fourth-order valence-electron chi connectivity index (χ4n) is 4.73. The van der Waals surface area contributed by atoms with Gasteiger partial charge in [0.1, 0.15) is 12.6 Å². The smallest absolute Gasteiger partial charge is 0.128 e. The van der Waals surface area contributed by atoms with Gasteiger partial charge in [0.15, 0.2) is 0 Å². The first-order valence-electron chi connectivity index (χ1n) is 8.01. The van der Waals surface area contributed by atoms with Crippen LogP contribution >= 0.6 is 0 Å². The first kappa shape index (κ1) is 14.1. The summed E-state index contributed by atoms with van der Waals surface area (Å²) in [7, 11) is 0. The number of aliphatic hydroxyl groups excluding tert-OH is 1. The lowest BCUT2D eigenvalue weighted by Gasteiger charge is -2.37. The van der Waals surface area contributed by atoms with E-state index in [1.54, 1.807) is 0 Å². The van der Waals surface area contributed by atoms with E-state index in [2.05, 4.69) is 26.1 Å². The Morgan fingerprint density at radius 2 is 1.95 bits per heavy atom. The zero-order valence-corrected chi connectivity index (χ0v) is 13.0. The second-order valence-electron chi connectivity index (χ2n) is 7.61. The number of nitrogens with two attached hydrogens (primary N) is 1. The van der Waals surface area contributed by atoms with Gasteiger partial charge in [0, 0.05) is 11.8 Å². The number of hydrogen-bond donors (Lipinski definition) is 2. The van der Waals surface area contributed by atoms with Gasteiger partial charge in [-0.2, -0.15) is 0 Å². The summed E-state index contributed by atoms with van der Waals surface area (Å²) >= 11 is 0. The molecule has 2 aliphatic rings. The van der Waals surface area contributed by atoms with Crippen molar-refractivity contribution in [1.82, 2.24) is 0 Å². The third-order valence-electron chi connectivity index (χ3n) is 6.69. The molecular weight excluding hydrogens is 246 g/mol. The number of fused-ring (bicyclic) bond motifs is 2. The van der Waals surface area contributed by atoms with Crippen molar-refractivity contribution in [3.05, 3.63) is 35.9 Å². The predicted octanol–water partition coefficient (Wildman–Crippen LogP) is 2.50. The second-order valence-corrected chi connectivity index (χ2v) is 7.61. The van der Waals surface area contributed by atoms with Crippen molar-refractivity contribution in [1.29, 1.82) is 0 Å². The number of rotatable bonds is 4. The zero-order chi connectivity index (χ0) is 14.4. The molecule has 2 aliphatic carbocycles. The van der Waals surface area contributed by atoms with Crippen LogP contribution in [-0.4, -0.2) is 17.7 Å². The van der Waals surface area contributed by atoms with Crippen LogP contribution in [0.2, 0.25) is 0 Å². The molecule has 0 amide bonds. The van der Waals surface area contributed by atoms with E-state index in [-0.39, 0.29) is 6.10 Å². The van der Waals surface area contributed by atoms with Gasteiger partial charge in [0.05, 0.1) is 6.04 Å². The summed E-state index contributed by atoms with van der Waals surface area (Å²) in [6, 6.07) is 10.7. The molecule has 3 N–H and O–H groups in total. The minimum atomic E-state index is -0.345. The average Bonchev–Trinajstić information content (AvgIpc) is 2.78. The van der Waals surface area contributed by atoms with Crippen LogP contribution in [0.5, 0.6) is 0 Å². The fourth-order valence-corrected chi connectivity index (χ4v) is 4.73. The van der Waals surface area contributed by atoms with E-state index in [1.165, 1.54) is 19.3 Å². The monoisotopic (exact) mass is 274 g/mol. The standard InChI is InChI=1S/C18H27NO/c1-17(2)14-9-10-18(17,3)16(11-14)19-12-15(20)13-7-5-4-6-8-13/h4-8,14-16,19-20H,9-12H2,1-3H3/p+1/t14-,15-,16-,18+/m0/s1. The Labute approximate surface area is 122 Å². The van der Waals surface area contributed by atoms with Crippen molar-refractivity contribution in [3.8, 4) is 0 Å². The SMILES string of the molecule is CC1(C)[C@H]2CC[C@]1(C)[C@@H]([NH2+]C[C@H](O)c1ccccc1)C2. The van der Waals surface area contributed by atoms with Crippen LogP contribution in [0.25, 0.3) is 0 Å². The fraction of sp³-hybridized carbons (Fsp3) is 0.667. The lowest BCUT2D eigenvalue weighted by atomic mass is 9.69. The Balaban J connectivity index is 1.63. The van der Waals surface area contributed by atoms with E-state index in [0.29, 0.717) is 16.9 Å². The van der Waals surface area contributed by atoms with Gasteiger partial charge in [-0.25, -0.2) is 0 Å². The van der Waals surface area contributed by atoms with Crippen LogP contribution in [0.15, 0.2) is 30.3 Å². The molecule has 1 aromatic rings. The first-order valence-corrected chi connectivity index (χ1v) is 8.01. The van der Waals surface area contributed by atoms with Gasteiger partial charge in [0.25, 0.3) is 0 Å². The summed E-state index contributed by atoms with van der Waals surface area (Å²) in [5, 5.41) is 12.7. The molecule has 1 aromatic carbocycles. The van der Waals surface area contributed by atoms with Gasteiger partial charge in [0.2, 0.25) is 0 Å². The Morgan fingerprint density at radius 3 is 2.50 bits per heavy atom. The Morgan fingerprint density at radius 1 is 1.25 bits per heavy atom. The Bertz CT molecular complexity index is 470. The van der Waals surface area contributed by atoms with Crippen molar-refractivity contribution in [2.24, 2.45) is 16.7 Å². The number of hydrogen-bond acceptors (Lipinski definition) is 1. The summed E-state index contributed by atoms with van der Waals surface area (Å²) in [5.41, 5.74) is 1.94. The molecule has 2 saturated carbocycles. The van der Waals surface area contributed by atoms with E-state index >= 15 is 0 Å². The Hall–Kier alpha value is -0.860. The molecule has 20 heavy (non-hydrogen) atoms. The normalized spacial score (nSPS) is 36.2. The highest BCUT2D eigenvalue weighted by atomic mass is 16.3. The third-order valence-corrected chi connectivity index (χ3v) is 6.69. The van der Waals surface area contributed by atoms with Gasteiger partial charge in [-0.05, 0) is 29.7 Å². The molecule has 4 atom stereocenters. The minimum Gasteiger partial charge on any atom is -0.382 e. The molecule has 2 fully saturated rings. The van der Waals surface area contributed by atoms with Crippen molar-refractivity contribution in [2.45, 2.75) is 52.2 Å². The van der Waals surface area contributed by atoms with E-state index in [4.69, 9.17) is 0 Å². The van der Waals surface area contributed by atoms with Gasteiger partial charge < -0.3 is 10.4 Å². The van der Waals surface area contributed by atoms with E-state index in [1.807, 2.05) is 30.3 Å². The van der Waals surface area contributed by atoms with Crippen LogP contribution in [0.4, 0.5) is 0 Å². The molecule has 3 rings (SSSR count). The van der Waals surface area contributed by atoms with Crippen LogP contribution < -0.4 is 5.32 Å². The maximum Gasteiger partial charge on any atom is 0.128 e. The highest BCUT2D eigenvalue weighted by Crippen LogP contribution is 2.64. The molecule has 2 nitrogen and oxygen atoms in total. The first-order chi connectivity index (χ1) is 9.45. The highest BCUT2D eigenvalue weighted by Gasteiger charge is 2.63. The van der Waals surface area contributed by atoms with E-state index < -0.39 is 0 Å². The van der Waals surface area contributed by atoms with Gasteiger partial charge >= 0.3 is 0 Å². The van der Waals surface area contributed by atoms with Crippen LogP contribution in [-0.2, 0) is 0 Å². The molecule has 0 aromatic heterocycles. The summed E-state index contributed by atoms with van der Waals surface area (Å²) in [5.74, 6) is 0.877. The van der Waals surface area contributed by atoms with E-state index in [0.717, 1.165) is 18.0 Å². The quantitative estimate of drug-likeness (QED) is 0.869. The van der Waals surface area contributed by atoms with Crippen molar-refractivity contribution in [3.63, 3.8) is 0 Å². The zero-order valence-electron chi connectivity index (χ0n) is 13.0. The Kier molecular flexibility index (Phi) is 3.42. The van der Waals surface area contributed by atoms with Crippen LogP contribution in [0.1, 0.15) is 51.7 Å². The third kappa shape index (κ3) is 2.01. The summed E-state index contributed by atoms with van der Waals surface area (Å²) in [4.78, 5) is 0. The molecule has 0 unspecified atom stereocenters.